The third-order valence-corrected chi connectivity index (χ3v) is 10.9. The molecule has 5 aliphatic rings. The zero-order chi connectivity index (χ0) is 23.9. The molecule has 194 valence electrons. The largest absolute Gasteiger partial charge is 0.394 e. The number of likely N-dealkylation sites (tertiary alicyclic amines) is 1. The summed E-state index contributed by atoms with van der Waals surface area (Å²) in [6.45, 7) is 6.62. The Morgan fingerprint density at radius 3 is 2.68 bits per heavy atom. The van der Waals surface area contributed by atoms with Crippen LogP contribution >= 0.6 is 0 Å². The normalized spacial score (nSPS) is 45.6. The second kappa shape index (κ2) is 9.99. The summed E-state index contributed by atoms with van der Waals surface area (Å²) in [7, 11) is 0. The van der Waals surface area contributed by atoms with E-state index in [1.807, 2.05) is 0 Å². The molecule has 2 saturated heterocycles. The number of hydrogen-bond donors (Lipinski definition) is 2. The molecular formula is C28H47NO5. The van der Waals surface area contributed by atoms with Crippen LogP contribution in [-0.2, 0) is 14.3 Å². The van der Waals surface area contributed by atoms with Crippen LogP contribution in [0, 0.1) is 29.1 Å². The van der Waals surface area contributed by atoms with E-state index in [1.54, 1.807) is 0 Å². The number of carbonyl (C=O) groups excluding carboxylic acids is 1. The topological polar surface area (TPSA) is 79.2 Å². The number of nitrogens with zero attached hydrogens (tertiary/aromatic N) is 1. The number of ether oxygens (including phenoxy) is 2. The van der Waals surface area contributed by atoms with Crippen molar-refractivity contribution in [1.82, 2.24) is 4.90 Å². The van der Waals surface area contributed by atoms with E-state index in [0.29, 0.717) is 23.2 Å². The van der Waals surface area contributed by atoms with Crippen LogP contribution in [0.15, 0.2) is 0 Å². The molecule has 6 heteroatoms. The van der Waals surface area contributed by atoms with E-state index in [0.717, 1.165) is 57.6 Å². The highest BCUT2D eigenvalue weighted by Gasteiger charge is 2.59. The molecular weight excluding hydrogens is 430 g/mol. The molecule has 2 heterocycles. The fourth-order valence-corrected chi connectivity index (χ4v) is 9.03. The molecule has 0 aromatic carbocycles. The number of carbonyl (C=O) groups is 1. The van der Waals surface area contributed by atoms with E-state index in [4.69, 9.17) is 14.6 Å². The van der Waals surface area contributed by atoms with E-state index in [-0.39, 0.29) is 36.9 Å². The van der Waals surface area contributed by atoms with Gasteiger partial charge >= 0.3 is 0 Å². The Morgan fingerprint density at radius 1 is 1.06 bits per heavy atom. The maximum atomic E-state index is 13.6. The van der Waals surface area contributed by atoms with Gasteiger partial charge in [-0.15, -0.1) is 0 Å². The van der Waals surface area contributed by atoms with Crippen molar-refractivity contribution in [2.45, 2.75) is 115 Å². The lowest BCUT2D eigenvalue weighted by atomic mass is 9.45. The van der Waals surface area contributed by atoms with Crippen molar-refractivity contribution in [3.8, 4) is 0 Å². The first-order valence-corrected chi connectivity index (χ1v) is 14.2. The minimum absolute atomic E-state index is 0.0232. The van der Waals surface area contributed by atoms with Crippen LogP contribution in [0.1, 0.15) is 90.9 Å². The molecule has 3 saturated carbocycles. The van der Waals surface area contributed by atoms with Gasteiger partial charge in [-0.2, -0.15) is 0 Å². The van der Waals surface area contributed by atoms with Crippen molar-refractivity contribution in [3.63, 3.8) is 0 Å². The van der Waals surface area contributed by atoms with Crippen LogP contribution in [0.25, 0.3) is 0 Å². The Labute approximate surface area is 205 Å². The molecule has 34 heavy (non-hydrogen) atoms. The number of rotatable bonds is 5. The number of aliphatic hydroxyl groups is 2. The summed E-state index contributed by atoms with van der Waals surface area (Å²) in [5.41, 5.74) is 0.333. The zero-order valence-electron chi connectivity index (χ0n) is 21.4. The molecule has 0 aromatic rings. The molecule has 0 radical (unpaired) electrons. The molecule has 2 N–H and O–H groups in total. The van der Waals surface area contributed by atoms with Gasteiger partial charge in [0.1, 0.15) is 12.2 Å². The molecule has 9 atom stereocenters. The monoisotopic (exact) mass is 477 g/mol. The highest BCUT2D eigenvalue weighted by atomic mass is 16.5. The Balaban J connectivity index is 1.31. The number of aliphatic hydroxyl groups excluding tert-OH is 2. The van der Waals surface area contributed by atoms with Crippen molar-refractivity contribution in [2.75, 3.05) is 26.4 Å². The summed E-state index contributed by atoms with van der Waals surface area (Å²) >= 11 is 0. The predicted octanol–water partition coefficient (Wildman–Crippen LogP) is 3.92. The van der Waals surface area contributed by atoms with Crippen molar-refractivity contribution in [1.29, 1.82) is 0 Å². The van der Waals surface area contributed by atoms with Crippen LogP contribution in [0.4, 0.5) is 0 Å². The van der Waals surface area contributed by atoms with Crippen molar-refractivity contribution in [2.24, 2.45) is 29.1 Å². The van der Waals surface area contributed by atoms with Gasteiger partial charge in [0, 0.05) is 18.7 Å². The second-order valence-corrected chi connectivity index (χ2v) is 12.6. The lowest BCUT2D eigenvalue weighted by Gasteiger charge is -2.63. The summed E-state index contributed by atoms with van der Waals surface area (Å²) in [5, 5.41) is 18.8. The Kier molecular flexibility index (Phi) is 7.34. The van der Waals surface area contributed by atoms with E-state index in [1.165, 1.54) is 38.5 Å². The van der Waals surface area contributed by atoms with Crippen LogP contribution in [-0.4, -0.2) is 71.2 Å². The van der Waals surface area contributed by atoms with Crippen LogP contribution < -0.4 is 0 Å². The molecule has 5 rings (SSSR count). The van der Waals surface area contributed by atoms with Gasteiger partial charge in [0.05, 0.1) is 19.3 Å². The first-order chi connectivity index (χ1) is 16.4. The van der Waals surface area contributed by atoms with Crippen LogP contribution in [0.2, 0.25) is 0 Å². The first-order valence-electron chi connectivity index (χ1n) is 14.2. The fourth-order valence-electron chi connectivity index (χ4n) is 9.03. The highest BCUT2D eigenvalue weighted by Crippen LogP contribution is 2.63. The van der Waals surface area contributed by atoms with Crippen LogP contribution in [0.5, 0.6) is 0 Å². The average molecular weight is 478 g/mol. The van der Waals surface area contributed by atoms with Gasteiger partial charge in [-0.1, -0.05) is 13.3 Å². The first kappa shape index (κ1) is 25.0. The quantitative estimate of drug-likeness (QED) is 0.628. The number of hydrogen-bond acceptors (Lipinski definition) is 5. The average Bonchev–Trinajstić information content (AvgIpc) is 3.31. The van der Waals surface area contributed by atoms with Gasteiger partial charge in [-0.25, -0.2) is 0 Å². The molecule has 0 spiro atoms. The second-order valence-electron chi connectivity index (χ2n) is 12.6. The van der Waals surface area contributed by atoms with E-state index in [2.05, 4.69) is 18.7 Å². The minimum Gasteiger partial charge on any atom is -0.394 e. The number of fused-ring (bicyclic) bond motifs is 5. The number of amides is 1. The maximum absolute atomic E-state index is 13.6. The van der Waals surface area contributed by atoms with Gasteiger partial charge in [0.15, 0.2) is 0 Å². The third-order valence-electron chi connectivity index (χ3n) is 10.9. The fraction of sp³-hybridized carbons (Fsp3) is 0.964. The SMILES string of the molecule is C[C@]12CC[C@H](OC[C@H](O)CO)CC1CC[C@@H]1C2CC[C@@]2(C)[C@H]1CCCCN2C(=O)[C@H]1CCCO1. The Hall–Kier alpha value is -0.690. The summed E-state index contributed by atoms with van der Waals surface area (Å²) in [6.07, 6.45) is 13.0. The Bertz CT molecular complexity index is 726. The summed E-state index contributed by atoms with van der Waals surface area (Å²) in [4.78, 5) is 15.9. The lowest BCUT2D eigenvalue weighted by Crippen LogP contribution is -2.63. The molecule has 2 aliphatic heterocycles. The standard InChI is InChI=1S/C28H47NO5/c1-27-12-10-21(34-18-20(31)17-30)16-19(27)8-9-22-23(27)11-13-28(2)24(22)6-3-4-14-29(28)26(32)25-7-5-15-33-25/h19-25,30-31H,3-18H2,1-2H3/t19?,20-,21+,22-,23?,24+,25-,27+,28+/m1/s1. The Morgan fingerprint density at radius 2 is 1.91 bits per heavy atom. The molecule has 1 amide bonds. The molecule has 3 aliphatic carbocycles. The molecule has 6 nitrogen and oxygen atoms in total. The molecule has 2 unspecified atom stereocenters. The zero-order valence-corrected chi connectivity index (χ0v) is 21.4. The third kappa shape index (κ3) is 4.35. The van der Waals surface area contributed by atoms with E-state index in [9.17, 15) is 9.90 Å². The van der Waals surface area contributed by atoms with E-state index < -0.39 is 6.10 Å². The smallest absolute Gasteiger partial charge is 0.252 e. The van der Waals surface area contributed by atoms with Gasteiger partial charge < -0.3 is 24.6 Å². The predicted molar refractivity (Wildman–Crippen MR) is 130 cm³/mol. The van der Waals surface area contributed by atoms with Crippen LogP contribution in [0.3, 0.4) is 0 Å². The summed E-state index contributed by atoms with van der Waals surface area (Å²) < 4.78 is 11.9. The maximum Gasteiger partial charge on any atom is 0.252 e. The molecule has 0 bridgehead atoms. The molecule has 5 fully saturated rings. The summed E-state index contributed by atoms with van der Waals surface area (Å²) in [6, 6.07) is 0. The highest BCUT2D eigenvalue weighted by molar-refractivity contribution is 5.82. The van der Waals surface area contributed by atoms with Crippen molar-refractivity contribution >= 4 is 5.91 Å². The van der Waals surface area contributed by atoms with Crippen molar-refractivity contribution in [3.05, 3.63) is 0 Å². The van der Waals surface area contributed by atoms with Gasteiger partial charge in [-0.3, -0.25) is 4.79 Å². The van der Waals surface area contributed by atoms with Gasteiger partial charge in [-0.05, 0) is 107 Å². The van der Waals surface area contributed by atoms with E-state index >= 15 is 0 Å². The van der Waals surface area contributed by atoms with Crippen molar-refractivity contribution < 1.29 is 24.5 Å². The lowest BCUT2D eigenvalue weighted by molar-refractivity contribution is -0.166. The van der Waals surface area contributed by atoms with Gasteiger partial charge in [0.2, 0.25) is 0 Å². The molecule has 0 aromatic heterocycles. The van der Waals surface area contributed by atoms with Gasteiger partial charge in [0.25, 0.3) is 5.91 Å². The summed E-state index contributed by atoms with van der Waals surface area (Å²) in [5.74, 6) is 3.01. The minimum atomic E-state index is -0.768.